The Kier molecular flexibility index (Phi) is 4.67. The van der Waals surface area contributed by atoms with E-state index in [-0.39, 0.29) is 5.78 Å². The van der Waals surface area contributed by atoms with Crippen molar-refractivity contribution in [1.29, 1.82) is 0 Å². The molecule has 1 aromatic carbocycles. The third-order valence-corrected chi connectivity index (χ3v) is 3.00. The highest BCUT2D eigenvalue weighted by Gasteiger charge is 2.11. The molecule has 2 rings (SSSR count). The van der Waals surface area contributed by atoms with Crippen LogP contribution in [-0.2, 0) is 20.9 Å². The number of rotatable bonds is 5. The van der Waals surface area contributed by atoms with Gasteiger partial charge in [-0.15, -0.1) is 0 Å². The first-order valence-electron chi connectivity index (χ1n) is 6.19. The Bertz CT molecular complexity index is 432. The van der Waals surface area contributed by atoms with Gasteiger partial charge in [0.05, 0.1) is 6.61 Å². The number of methoxy groups -OCH3 is 1. The predicted octanol–water partition coefficient (Wildman–Crippen LogP) is 2.94. The van der Waals surface area contributed by atoms with Crippen molar-refractivity contribution in [2.24, 2.45) is 0 Å². The van der Waals surface area contributed by atoms with E-state index in [1.165, 1.54) is 0 Å². The van der Waals surface area contributed by atoms with Crippen molar-refractivity contribution < 1.29 is 14.3 Å². The van der Waals surface area contributed by atoms with Crippen LogP contribution < -0.4 is 0 Å². The number of hydrogen-bond donors (Lipinski definition) is 0. The van der Waals surface area contributed by atoms with E-state index >= 15 is 0 Å². The first kappa shape index (κ1) is 13.0. The Hall–Kier alpha value is -1.45. The summed E-state index contributed by atoms with van der Waals surface area (Å²) in [6, 6.07) is 8.17. The quantitative estimate of drug-likeness (QED) is 0.592. The van der Waals surface area contributed by atoms with Crippen LogP contribution in [0.5, 0.6) is 0 Å². The van der Waals surface area contributed by atoms with Crippen LogP contribution in [0.2, 0.25) is 0 Å². The maximum Gasteiger partial charge on any atom is 0.155 e. The van der Waals surface area contributed by atoms with E-state index in [2.05, 4.69) is 12.1 Å². The van der Waals surface area contributed by atoms with Gasteiger partial charge in [-0.25, -0.2) is 0 Å². The fraction of sp³-hybridized carbons (Fsp3) is 0.400. The van der Waals surface area contributed by atoms with E-state index in [0.717, 1.165) is 29.5 Å². The minimum absolute atomic E-state index is 0.240. The average Bonchev–Trinajstić information content (AvgIpc) is 2.40. The molecule has 0 aliphatic heterocycles. The SMILES string of the molecule is COCOCc1ccc(C2=CC(=O)CCC2)cc1. The molecule has 3 nitrogen and oxygen atoms in total. The topological polar surface area (TPSA) is 35.5 Å². The molecule has 96 valence electrons. The zero-order valence-electron chi connectivity index (χ0n) is 10.6. The molecule has 0 spiro atoms. The van der Waals surface area contributed by atoms with E-state index in [9.17, 15) is 4.79 Å². The molecule has 0 aromatic heterocycles. The highest BCUT2D eigenvalue weighted by atomic mass is 16.7. The number of carbonyl (C=O) groups excluding carboxylic acids is 1. The van der Waals surface area contributed by atoms with Gasteiger partial charge in [0, 0.05) is 13.5 Å². The maximum absolute atomic E-state index is 11.4. The van der Waals surface area contributed by atoms with Gasteiger partial charge in [0.2, 0.25) is 0 Å². The third-order valence-electron chi connectivity index (χ3n) is 3.00. The highest BCUT2D eigenvalue weighted by molar-refractivity contribution is 5.98. The number of benzene rings is 1. The lowest BCUT2D eigenvalue weighted by Gasteiger charge is -2.12. The second-order valence-electron chi connectivity index (χ2n) is 4.44. The monoisotopic (exact) mass is 246 g/mol. The zero-order chi connectivity index (χ0) is 12.8. The van der Waals surface area contributed by atoms with Crippen LogP contribution in [0, 0.1) is 0 Å². The van der Waals surface area contributed by atoms with Gasteiger partial charge in [-0.05, 0) is 35.6 Å². The van der Waals surface area contributed by atoms with Gasteiger partial charge in [-0.3, -0.25) is 4.79 Å². The molecule has 0 saturated heterocycles. The minimum atomic E-state index is 0.240. The second-order valence-corrected chi connectivity index (χ2v) is 4.44. The molecule has 3 heteroatoms. The second kappa shape index (κ2) is 6.47. The third kappa shape index (κ3) is 3.52. The summed E-state index contributed by atoms with van der Waals surface area (Å²) in [7, 11) is 1.61. The van der Waals surface area contributed by atoms with Crippen LogP contribution >= 0.6 is 0 Å². The van der Waals surface area contributed by atoms with Crippen molar-refractivity contribution in [2.45, 2.75) is 25.9 Å². The number of ketones is 1. The minimum Gasteiger partial charge on any atom is -0.359 e. The Morgan fingerprint density at radius 2 is 1.94 bits per heavy atom. The standard InChI is InChI=1S/C15H18O3/c1-17-11-18-10-12-5-7-13(8-6-12)14-3-2-4-15(16)9-14/h5-9H,2-4,10-11H2,1H3. The van der Waals surface area contributed by atoms with Crippen molar-refractivity contribution in [1.82, 2.24) is 0 Å². The van der Waals surface area contributed by atoms with E-state index in [0.29, 0.717) is 19.8 Å². The lowest BCUT2D eigenvalue weighted by Crippen LogP contribution is -2.02. The van der Waals surface area contributed by atoms with Crippen molar-refractivity contribution in [3.8, 4) is 0 Å². The summed E-state index contributed by atoms with van der Waals surface area (Å²) in [5.74, 6) is 0.240. The summed E-state index contributed by atoms with van der Waals surface area (Å²) >= 11 is 0. The first-order chi connectivity index (χ1) is 8.79. The predicted molar refractivity (Wildman–Crippen MR) is 69.9 cm³/mol. The van der Waals surface area contributed by atoms with Crippen LogP contribution in [0.3, 0.4) is 0 Å². The molecular formula is C15H18O3. The average molecular weight is 246 g/mol. The summed E-state index contributed by atoms with van der Waals surface area (Å²) in [4.78, 5) is 11.4. The summed E-state index contributed by atoms with van der Waals surface area (Å²) < 4.78 is 10.1. The fourth-order valence-electron chi connectivity index (χ4n) is 2.08. The Balaban J connectivity index is 2.01. The van der Waals surface area contributed by atoms with E-state index in [1.54, 1.807) is 13.2 Å². The summed E-state index contributed by atoms with van der Waals surface area (Å²) in [6.45, 7) is 0.855. The van der Waals surface area contributed by atoms with Gasteiger partial charge in [0.15, 0.2) is 5.78 Å². The van der Waals surface area contributed by atoms with Gasteiger partial charge in [-0.2, -0.15) is 0 Å². The van der Waals surface area contributed by atoms with E-state index < -0.39 is 0 Å². The van der Waals surface area contributed by atoms with Crippen LogP contribution in [0.25, 0.3) is 5.57 Å². The summed E-state index contributed by atoms with van der Waals surface area (Å²) in [5.41, 5.74) is 3.40. The molecule has 1 aromatic rings. The largest absolute Gasteiger partial charge is 0.359 e. The number of carbonyl (C=O) groups is 1. The summed E-state index contributed by atoms with van der Waals surface area (Å²) in [5, 5.41) is 0. The van der Waals surface area contributed by atoms with Crippen LogP contribution in [-0.4, -0.2) is 19.7 Å². The van der Waals surface area contributed by atoms with Gasteiger partial charge in [0.25, 0.3) is 0 Å². The molecule has 0 amide bonds. The lowest BCUT2D eigenvalue weighted by molar-refractivity contribution is -0.114. The first-order valence-corrected chi connectivity index (χ1v) is 6.19. The molecule has 0 atom stereocenters. The molecular weight excluding hydrogens is 228 g/mol. The van der Waals surface area contributed by atoms with Crippen molar-refractivity contribution in [2.75, 3.05) is 13.9 Å². The van der Waals surface area contributed by atoms with Crippen LogP contribution in [0.15, 0.2) is 30.3 Å². The molecule has 0 N–H and O–H groups in total. The van der Waals surface area contributed by atoms with Gasteiger partial charge in [-0.1, -0.05) is 24.3 Å². The fourth-order valence-corrected chi connectivity index (χ4v) is 2.08. The maximum atomic E-state index is 11.4. The molecule has 1 aliphatic carbocycles. The number of ether oxygens (including phenoxy) is 2. The zero-order valence-corrected chi connectivity index (χ0v) is 10.6. The van der Waals surface area contributed by atoms with Gasteiger partial charge >= 0.3 is 0 Å². The molecule has 0 heterocycles. The smallest absolute Gasteiger partial charge is 0.155 e. The number of allylic oxidation sites excluding steroid dienone is 2. The summed E-state index contributed by atoms with van der Waals surface area (Å²) in [6.07, 6.45) is 4.42. The van der Waals surface area contributed by atoms with Gasteiger partial charge in [0.1, 0.15) is 6.79 Å². The van der Waals surface area contributed by atoms with E-state index in [4.69, 9.17) is 9.47 Å². The number of hydrogen-bond acceptors (Lipinski definition) is 3. The van der Waals surface area contributed by atoms with Crippen molar-refractivity contribution in [3.05, 3.63) is 41.5 Å². The van der Waals surface area contributed by atoms with E-state index in [1.807, 2.05) is 12.1 Å². The lowest BCUT2D eigenvalue weighted by atomic mass is 9.93. The Labute approximate surface area is 107 Å². The van der Waals surface area contributed by atoms with Crippen molar-refractivity contribution >= 4 is 11.4 Å². The molecule has 0 fully saturated rings. The molecule has 18 heavy (non-hydrogen) atoms. The highest BCUT2D eigenvalue weighted by Crippen LogP contribution is 2.25. The molecule has 0 bridgehead atoms. The molecule has 0 saturated carbocycles. The molecule has 0 unspecified atom stereocenters. The molecule has 0 radical (unpaired) electrons. The molecule has 1 aliphatic rings. The van der Waals surface area contributed by atoms with Crippen molar-refractivity contribution in [3.63, 3.8) is 0 Å². The van der Waals surface area contributed by atoms with Crippen LogP contribution in [0.4, 0.5) is 0 Å². The normalized spacial score (nSPS) is 15.6. The Morgan fingerprint density at radius 3 is 2.61 bits per heavy atom. The van der Waals surface area contributed by atoms with Crippen LogP contribution in [0.1, 0.15) is 30.4 Å². The Morgan fingerprint density at radius 1 is 1.17 bits per heavy atom. The van der Waals surface area contributed by atoms with Gasteiger partial charge < -0.3 is 9.47 Å².